The first-order chi connectivity index (χ1) is 13.5. The van der Waals surface area contributed by atoms with Crippen LogP contribution in [0, 0.1) is 15.9 Å². The average Bonchev–Trinajstić information content (AvgIpc) is 3.17. The third-order valence-electron chi connectivity index (χ3n) is 5.86. The summed E-state index contributed by atoms with van der Waals surface area (Å²) in [5, 5.41) is 16.1. The molecule has 0 radical (unpaired) electrons. The van der Waals surface area contributed by atoms with Crippen LogP contribution in [-0.4, -0.2) is 11.0 Å². The van der Waals surface area contributed by atoms with Gasteiger partial charge >= 0.3 is 0 Å². The number of nitrogens with one attached hydrogen (secondary N) is 1. The molecule has 0 aliphatic heterocycles. The van der Waals surface area contributed by atoms with Gasteiger partial charge in [-0.1, -0.05) is 42.5 Å². The zero-order valence-electron chi connectivity index (χ0n) is 15.8. The molecule has 3 aromatic rings. The molecule has 4 rings (SSSR count). The van der Waals surface area contributed by atoms with Crippen LogP contribution in [0.15, 0.2) is 60.7 Å². The molecule has 1 unspecified atom stereocenters. The summed E-state index contributed by atoms with van der Waals surface area (Å²) in [5.74, 6) is 0.223. The van der Waals surface area contributed by atoms with Crippen LogP contribution in [0.5, 0.6) is 0 Å². The Morgan fingerprint density at radius 3 is 2.46 bits per heavy atom. The molecule has 0 bridgehead atoms. The summed E-state index contributed by atoms with van der Waals surface area (Å²) < 4.78 is 14.1. The van der Waals surface area contributed by atoms with Crippen molar-refractivity contribution in [3.05, 3.63) is 87.7 Å². The maximum Gasteiger partial charge on any atom is 0.269 e. The Labute approximate surface area is 163 Å². The van der Waals surface area contributed by atoms with Gasteiger partial charge in [0.05, 0.1) is 4.92 Å². The Hall–Kier alpha value is -2.79. The number of hydrogen-bond acceptors (Lipinski definition) is 3. The molecule has 1 fully saturated rings. The number of nitro benzene ring substituents is 1. The largest absolute Gasteiger partial charge is 0.307 e. The Balaban J connectivity index is 1.46. The van der Waals surface area contributed by atoms with Gasteiger partial charge in [0, 0.05) is 29.6 Å². The van der Waals surface area contributed by atoms with Crippen LogP contribution in [0.2, 0.25) is 0 Å². The standard InChI is InChI=1S/C23H23FN2O2/c1-15(20-12-13-23(24)22-5-3-2-4-21(20)22)25-18-9-6-17(14-18)16-7-10-19(11-8-16)26(27)28/h2-5,7-8,10-13,15,17-18,25H,6,9,14H2,1H3/t15-,17-,18?/m1/s1. The van der Waals surface area contributed by atoms with Crippen LogP contribution in [0.3, 0.4) is 0 Å². The number of non-ortho nitro benzene ring substituents is 1. The maximum absolute atomic E-state index is 14.1. The first kappa shape index (κ1) is 18.6. The summed E-state index contributed by atoms with van der Waals surface area (Å²) >= 11 is 0. The summed E-state index contributed by atoms with van der Waals surface area (Å²) in [5.41, 5.74) is 2.40. The van der Waals surface area contributed by atoms with Gasteiger partial charge in [0.1, 0.15) is 5.82 Å². The van der Waals surface area contributed by atoms with Gasteiger partial charge in [-0.3, -0.25) is 10.1 Å². The number of halogens is 1. The highest BCUT2D eigenvalue weighted by molar-refractivity contribution is 5.86. The molecule has 1 saturated carbocycles. The van der Waals surface area contributed by atoms with E-state index < -0.39 is 0 Å². The summed E-state index contributed by atoms with van der Waals surface area (Å²) in [4.78, 5) is 10.5. The predicted molar refractivity (Wildman–Crippen MR) is 109 cm³/mol. The molecule has 0 amide bonds. The molecule has 1 aliphatic carbocycles. The minimum Gasteiger partial charge on any atom is -0.307 e. The molecule has 144 valence electrons. The van der Waals surface area contributed by atoms with Crippen molar-refractivity contribution < 1.29 is 9.31 Å². The van der Waals surface area contributed by atoms with E-state index in [1.807, 2.05) is 42.5 Å². The van der Waals surface area contributed by atoms with Crippen molar-refractivity contribution in [2.75, 3.05) is 0 Å². The van der Waals surface area contributed by atoms with Gasteiger partial charge in [0.15, 0.2) is 0 Å². The van der Waals surface area contributed by atoms with Gasteiger partial charge in [0.25, 0.3) is 5.69 Å². The molecule has 0 saturated heterocycles. The average molecular weight is 378 g/mol. The van der Waals surface area contributed by atoms with Crippen molar-refractivity contribution in [1.82, 2.24) is 5.32 Å². The molecule has 1 aliphatic rings. The topological polar surface area (TPSA) is 55.2 Å². The fourth-order valence-corrected chi connectivity index (χ4v) is 4.41. The summed E-state index contributed by atoms with van der Waals surface area (Å²) in [6.07, 6.45) is 3.12. The summed E-state index contributed by atoms with van der Waals surface area (Å²) in [7, 11) is 0. The van der Waals surface area contributed by atoms with Gasteiger partial charge in [0.2, 0.25) is 0 Å². The number of benzene rings is 3. The summed E-state index contributed by atoms with van der Waals surface area (Å²) in [6.45, 7) is 2.12. The molecule has 0 heterocycles. The van der Waals surface area contributed by atoms with E-state index in [1.54, 1.807) is 18.2 Å². The van der Waals surface area contributed by atoms with Gasteiger partial charge < -0.3 is 5.32 Å². The molecular formula is C23H23FN2O2. The maximum atomic E-state index is 14.1. The van der Waals surface area contributed by atoms with Gasteiger partial charge in [-0.05, 0) is 54.7 Å². The van der Waals surface area contributed by atoms with Crippen LogP contribution < -0.4 is 5.32 Å². The van der Waals surface area contributed by atoms with Crippen molar-refractivity contribution in [2.24, 2.45) is 0 Å². The third kappa shape index (κ3) is 3.62. The highest BCUT2D eigenvalue weighted by atomic mass is 19.1. The second kappa shape index (κ2) is 7.68. The predicted octanol–water partition coefficient (Wildman–Crippen LogP) is 5.87. The Morgan fingerprint density at radius 1 is 1.04 bits per heavy atom. The molecule has 4 nitrogen and oxygen atoms in total. The SMILES string of the molecule is C[C@@H](NC1CC[C@@H](c2ccc([N+](=O)[O-])cc2)C1)c1ccc(F)c2ccccc12. The quantitative estimate of drug-likeness (QED) is 0.446. The van der Waals surface area contributed by atoms with Crippen LogP contribution in [-0.2, 0) is 0 Å². The van der Waals surface area contributed by atoms with Gasteiger partial charge in [-0.15, -0.1) is 0 Å². The van der Waals surface area contributed by atoms with Crippen molar-refractivity contribution in [3.8, 4) is 0 Å². The molecular weight excluding hydrogens is 355 g/mol. The van der Waals surface area contributed by atoms with Crippen LogP contribution in [0.25, 0.3) is 10.8 Å². The minimum absolute atomic E-state index is 0.117. The van der Waals surface area contributed by atoms with Crippen molar-refractivity contribution in [2.45, 2.75) is 44.2 Å². The fraction of sp³-hybridized carbons (Fsp3) is 0.304. The molecule has 3 atom stereocenters. The number of rotatable bonds is 5. The molecule has 0 spiro atoms. The van der Waals surface area contributed by atoms with Gasteiger partial charge in [-0.25, -0.2) is 4.39 Å². The van der Waals surface area contributed by atoms with Crippen LogP contribution in [0.1, 0.15) is 49.3 Å². The Morgan fingerprint density at radius 2 is 1.75 bits per heavy atom. The second-order valence-corrected chi connectivity index (χ2v) is 7.63. The van der Waals surface area contributed by atoms with Crippen molar-refractivity contribution in [1.29, 1.82) is 0 Å². The minimum atomic E-state index is -0.364. The van der Waals surface area contributed by atoms with E-state index in [1.165, 1.54) is 0 Å². The lowest BCUT2D eigenvalue weighted by Crippen LogP contribution is -2.29. The monoisotopic (exact) mass is 378 g/mol. The van der Waals surface area contributed by atoms with Crippen molar-refractivity contribution >= 4 is 16.5 Å². The van der Waals surface area contributed by atoms with Crippen LogP contribution in [0.4, 0.5) is 10.1 Å². The lowest BCUT2D eigenvalue weighted by Gasteiger charge is -2.22. The van der Waals surface area contributed by atoms with E-state index in [2.05, 4.69) is 12.2 Å². The number of fused-ring (bicyclic) bond motifs is 1. The van der Waals surface area contributed by atoms with E-state index in [4.69, 9.17) is 0 Å². The number of nitrogens with zero attached hydrogens (tertiary/aromatic N) is 1. The van der Waals surface area contributed by atoms with Crippen LogP contribution >= 0.6 is 0 Å². The van der Waals surface area contributed by atoms with E-state index in [9.17, 15) is 14.5 Å². The second-order valence-electron chi connectivity index (χ2n) is 7.63. The fourth-order valence-electron chi connectivity index (χ4n) is 4.41. The summed E-state index contributed by atoms with van der Waals surface area (Å²) in [6, 6.07) is 18.4. The van der Waals surface area contributed by atoms with E-state index in [-0.39, 0.29) is 22.5 Å². The molecule has 28 heavy (non-hydrogen) atoms. The number of hydrogen-bond donors (Lipinski definition) is 1. The Kier molecular flexibility index (Phi) is 5.09. The first-order valence-electron chi connectivity index (χ1n) is 9.70. The lowest BCUT2D eigenvalue weighted by atomic mass is 9.96. The molecule has 0 aromatic heterocycles. The zero-order valence-corrected chi connectivity index (χ0v) is 15.8. The molecule has 1 N–H and O–H groups in total. The smallest absolute Gasteiger partial charge is 0.269 e. The lowest BCUT2D eigenvalue weighted by molar-refractivity contribution is -0.384. The molecule has 5 heteroatoms. The Bertz CT molecular complexity index is 1000. The normalized spacial score (nSPS) is 20.4. The third-order valence-corrected chi connectivity index (χ3v) is 5.86. The van der Waals surface area contributed by atoms with Gasteiger partial charge in [-0.2, -0.15) is 0 Å². The molecule has 3 aromatic carbocycles. The zero-order chi connectivity index (χ0) is 19.7. The highest BCUT2D eigenvalue weighted by Gasteiger charge is 2.27. The number of nitro groups is 1. The highest BCUT2D eigenvalue weighted by Crippen LogP contribution is 2.36. The van der Waals surface area contributed by atoms with E-state index >= 15 is 0 Å². The van der Waals surface area contributed by atoms with E-state index in [0.29, 0.717) is 17.3 Å². The van der Waals surface area contributed by atoms with Crippen molar-refractivity contribution in [3.63, 3.8) is 0 Å². The first-order valence-corrected chi connectivity index (χ1v) is 9.70. The van der Waals surface area contributed by atoms with E-state index in [0.717, 1.165) is 35.8 Å².